The predicted molar refractivity (Wildman–Crippen MR) is 128 cm³/mol. The van der Waals surface area contributed by atoms with Crippen molar-refractivity contribution >= 4 is 17.7 Å². The average Bonchev–Trinajstić information content (AvgIpc) is 2.82. The van der Waals surface area contributed by atoms with Crippen LogP contribution in [0.15, 0.2) is 42.5 Å². The molecule has 0 aliphatic carbocycles. The van der Waals surface area contributed by atoms with E-state index in [-0.39, 0.29) is 52.7 Å². The van der Waals surface area contributed by atoms with Crippen molar-refractivity contribution in [3.63, 3.8) is 0 Å². The summed E-state index contributed by atoms with van der Waals surface area (Å²) in [6.45, 7) is 0.193. The van der Waals surface area contributed by atoms with Crippen LogP contribution in [0, 0.1) is 0 Å². The highest BCUT2D eigenvalue weighted by Gasteiger charge is 2.50. The second-order valence-electron chi connectivity index (χ2n) is 8.01. The normalized spacial score (nSPS) is 18.8. The molecule has 3 aromatic carbocycles. The van der Waals surface area contributed by atoms with Crippen LogP contribution in [0.4, 0.5) is 0 Å². The van der Waals surface area contributed by atoms with E-state index in [9.17, 15) is 40.5 Å². The van der Waals surface area contributed by atoms with Crippen molar-refractivity contribution in [3.05, 3.63) is 59.2 Å². The Labute approximate surface area is 208 Å². The standard InChI is InChI=1S/C24H23NO10S/c25-3-4-36-24(12-1-2-15(27)17(29)7-12)21(10-14-16(28)8-13(26)9-20(14)35-24)34-23(33)11-5-18(30)22(32)19(31)6-11/h1-2,5-9,21,26-32H,3-4,10,25H2. The van der Waals surface area contributed by atoms with Crippen LogP contribution in [0.2, 0.25) is 0 Å². The summed E-state index contributed by atoms with van der Waals surface area (Å²) in [5.74, 6) is -4.36. The molecule has 9 N–H and O–H groups in total. The molecule has 12 heteroatoms. The van der Waals surface area contributed by atoms with Gasteiger partial charge >= 0.3 is 5.97 Å². The van der Waals surface area contributed by atoms with Gasteiger partial charge in [0.05, 0.1) is 5.56 Å². The first kappa shape index (κ1) is 24.9. The molecule has 0 spiro atoms. The van der Waals surface area contributed by atoms with Crippen LogP contribution in [-0.4, -0.2) is 60.1 Å². The summed E-state index contributed by atoms with van der Waals surface area (Å²) >= 11 is 1.12. The first-order valence-corrected chi connectivity index (χ1v) is 11.6. The molecule has 0 bridgehead atoms. The molecule has 36 heavy (non-hydrogen) atoms. The lowest BCUT2D eigenvalue weighted by Gasteiger charge is -2.44. The van der Waals surface area contributed by atoms with Gasteiger partial charge in [-0.2, -0.15) is 0 Å². The van der Waals surface area contributed by atoms with E-state index in [1.807, 2.05) is 0 Å². The minimum atomic E-state index is -1.57. The summed E-state index contributed by atoms with van der Waals surface area (Å²) in [5, 5.41) is 69.7. The Morgan fingerprint density at radius 1 is 0.944 bits per heavy atom. The number of carbonyl (C=O) groups excluding carboxylic acids is 1. The average molecular weight is 518 g/mol. The number of carbonyl (C=O) groups is 1. The molecule has 0 radical (unpaired) electrons. The molecule has 4 rings (SSSR count). The third kappa shape index (κ3) is 4.43. The summed E-state index contributed by atoms with van der Waals surface area (Å²) in [4.78, 5) is 11.5. The van der Waals surface area contributed by atoms with Crippen molar-refractivity contribution in [2.75, 3.05) is 12.3 Å². The second kappa shape index (κ2) is 9.47. The SMILES string of the molecule is NCCSC1(c2ccc(O)c(O)c2)Oc2cc(O)cc(O)c2CC1OC(=O)c1cc(O)c(O)c(O)c1. The maximum Gasteiger partial charge on any atom is 0.338 e. The summed E-state index contributed by atoms with van der Waals surface area (Å²) in [6.07, 6.45) is -1.30. The number of ether oxygens (including phenoxy) is 2. The molecule has 1 aliphatic rings. The zero-order valence-corrected chi connectivity index (χ0v) is 19.4. The van der Waals surface area contributed by atoms with Crippen molar-refractivity contribution in [1.29, 1.82) is 0 Å². The van der Waals surface area contributed by atoms with E-state index < -0.39 is 45.8 Å². The first-order valence-electron chi connectivity index (χ1n) is 10.6. The van der Waals surface area contributed by atoms with Crippen LogP contribution < -0.4 is 10.5 Å². The van der Waals surface area contributed by atoms with Crippen LogP contribution >= 0.6 is 11.8 Å². The number of hydrogen-bond donors (Lipinski definition) is 8. The maximum atomic E-state index is 13.1. The number of rotatable bonds is 6. The fourth-order valence-electron chi connectivity index (χ4n) is 3.90. The summed E-state index contributed by atoms with van der Waals surface area (Å²) < 4.78 is 12.0. The van der Waals surface area contributed by atoms with Crippen LogP contribution in [0.1, 0.15) is 21.5 Å². The Kier molecular flexibility index (Phi) is 6.57. The topological polar surface area (TPSA) is 203 Å². The summed E-state index contributed by atoms with van der Waals surface area (Å²) in [7, 11) is 0. The molecular weight excluding hydrogens is 494 g/mol. The molecular formula is C24H23NO10S. The van der Waals surface area contributed by atoms with Gasteiger partial charge in [-0.3, -0.25) is 0 Å². The number of benzene rings is 3. The molecule has 0 amide bonds. The highest BCUT2D eigenvalue weighted by molar-refractivity contribution is 8.00. The quantitative estimate of drug-likeness (QED) is 0.175. The van der Waals surface area contributed by atoms with Crippen LogP contribution in [0.25, 0.3) is 0 Å². The number of esters is 1. The number of fused-ring (bicyclic) bond motifs is 1. The van der Waals surface area contributed by atoms with E-state index >= 15 is 0 Å². The van der Waals surface area contributed by atoms with Gasteiger partial charge < -0.3 is 51.0 Å². The van der Waals surface area contributed by atoms with Crippen molar-refractivity contribution in [2.24, 2.45) is 5.73 Å². The Hall–Kier alpha value is -4.16. The van der Waals surface area contributed by atoms with Gasteiger partial charge in [0.2, 0.25) is 4.93 Å². The highest BCUT2D eigenvalue weighted by atomic mass is 32.2. The summed E-state index contributed by atoms with van der Waals surface area (Å²) in [6, 6.07) is 8.10. The number of aromatic hydroxyl groups is 7. The van der Waals surface area contributed by atoms with Gasteiger partial charge in [0.15, 0.2) is 34.9 Å². The Balaban J connectivity index is 1.85. The largest absolute Gasteiger partial charge is 0.508 e. The van der Waals surface area contributed by atoms with E-state index in [1.54, 1.807) is 0 Å². The minimum Gasteiger partial charge on any atom is -0.508 e. The molecule has 2 unspecified atom stereocenters. The van der Waals surface area contributed by atoms with Crippen molar-refractivity contribution in [3.8, 4) is 46.0 Å². The number of nitrogens with two attached hydrogens (primary N) is 1. The monoisotopic (exact) mass is 517 g/mol. The fraction of sp³-hybridized carbons (Fsp3) is 0.208. The van der Waals surface area contributed by atoms with Crippen LogP contribution in [-0.2, 0) is 16.1 Å². The summed E-state index contributed by atoms with van der Waals surface area (Å²) in [5.41, 5.74) is 5.96. The van der Waals surface area contributed by atoms with Crippen LogP contribution in [0.5, 0.6) is 46.0 Å². The molecule has 11 nitrogen and oxygen atoms in total. The van der Waals surface area contributed by atoms with Gasteiger partial charge in [0, 0.05) is 42.0 Å². The Bertz CT molecular complexity index is 1310. The van der Waals surface area contributed by atoms with E-state index in [0.29, 0.717) is 0 Å². The van der Waals surface area contributed by atoms with Crippen molar-refractivity contribution in [2.45, 2.75) is 17.5 Å². The van der Waals surface area contributed by atoms with Gasteiger partial charge in [0.25, 0.3) is 0 Å². The zero-order valence-electron chi connectivity index (χ0n) is 18.6. The van der Waals surface area contributed by atoms with Crippen molar-refractivity contribution < 1.29 is 50.0 Å². The Morgan fingerprint density at radius 3 is 2.28 bits per heavy atom. The minimum absolute atomic E-state index is 0.0943. The number of phenolic OH excluding ortho intramolecular Hbond substituents is 7. The first-order chi connectivity index (χ1) is 17.1. The smallest absolute Gasteiger partial charge is 0.338 e. The lowest BCUT2D eigenvalue weighted by atomic mass is 9.92. The van der Waals surface area contributed by atoms with Gasteiger partial charge in [-0.1, -0.05) is 6.07 Å². The molecule has 0 saturated carbocycles. The molecule has 2 atom stereocenters. The second-order valence-corrected chi connectivity index (χ2v) is 9.32. The van der Waals surface area contributed by atoms with Crippen LogP contribution in [0.3, 0.4) is 0 Å². The third-order valence-corrected chi connectivity index (χ3v) is 7.06. The molecule has 3 aromatic rings. The Morgan fingerprint density at radius 2 is 1.64 bits per heavy atom. The van der Waals surface area contributed by atoms with E-state index in [1.165, 1.54) is 24.3 Å². The molecule has 1 aliphatic heterocycles. The molecule has 0 saturated heterocycles. The van der Waals surface area contributed by atoms with E-state index in [4.69, 9.17) is 15.2 Å². The fourth-order valence-corrected chi connectivity index (χ4v) is 5.08. The number of phenols is 7. The molecule has 190 valence electrons. The lowest BCUT2D eigenvalue weighted by Crippen LogP contribution is -2.49. The van der Waals surface area contributed by atoms with Crippen molar-refractivity contribution in [1.82, 2.24) is 0 Å². The lowest BCUT2D eigenvalue weighted by molar-refractivity contribution is -0.0351. The van der Waals surface area contributed by atoms with Gasteiger partial charge in [0.1, 0.15) is 17.2 Å². The van der Waals surface area contributed by atoms with Gasteiger partial charge in [-0.05, 0) is 24.3 Å². The maximum absolute atomic E-state index is 13.1. The van der Waals surface area contributed by atoms with Gasteiger partial charge in [-0.15, -0.1) is 11.8 Å². The van der Waals surface area contributed by atoms with E-state index in [0.717, 1.165) is 30.0 Å². The number of hydrogen-bond acceptors (Lipinski definition) is 12. The molecule has 1 heterocycles. The highest BCUT2D eigenvalue weighted by Crippen LogP contribution is 2.52. The number of thioether (sulfide) groups is 1. The third-order valence-electron chi connectivity index (χ3n) is 5.61. The molecule has 0 fully saturated rings. The molecule has 0 aromatic heterocycles. The van der Waals surface area contributed by atoms with Gasteiger partial charge in [-0.25, -0.2) is 4.79 Å². The van der Waals surface area contributed by atoms with E-state index in [2.05, 4.69) is 0 Å². The zero-order chi connectivity index (χ0) is 26.2. The predicted octanol–water partition coefficient (Wildman–Crippen LogP) is 2.33.